The van der Waals surface area contributed by atoms with Crippen molar-refractivity contribution in [3.05, 3.63) is 78.9 Å². The van der Waals surface area contributed by atoms with Crippen LogP contribution in [0.2, 0.25) is 0 Å². The first-order chi connectivity index (χ1) is 15.5. The second-order valence-corrected chi connectivity index (χ2v) is 8.57. The standard InChI is InChI=1S/C26H33N3O3/c1-3-5-13-24-23(4-2)28-20-29(24)18-26(19-32-17-21-10-7-6-8-11-21)14-9-12-22(15-26)16-27-25(30)31/h3-8,10-11,13,20,22,27H,1-2,9,12,14-19H2,(H,30,31)/b13-5-. The quantitative estimate of drug-likeness (QED) is 0.464. The molecule has 2 unspecified atom stereocenters. The molecule has 1 aromatic heterocycles. The Hall–Kier alpha value is -3.12. The van der Waals surface area contributed by atoms with Crippen LogP contribution in [0.5, 0.6) is 0 Å². The van der Waals surface area contributed by atoms with Gasteiger partial charge in [0.25, 0.3) is 0 Å². The van der Waals surface area contributed by atoms with Gasteiger partial charge in [0, 0.05) is 18.5 Å². The number of carbonyl (C=O) groups is 1. The van der Waals surface area contributed by atoms with Crippen LogP contribution in [0.4, 0.5) is 4.79 Å². The van der Waals surface area contributed by atoms with Crippen molar-refractivity contribution >= 4 is 18.2 Å². The highest BCUT2D eigenvalue weighted by Gasteiger charge is 2.37. The Morgan fingerprint density at radius 2 is 2.16 bits per heavy atom. The largest absolute Gasteiger partial charge is 0.465 e. The molecule has 3 rings (SSSR count). The summed E-state index contributed by atoms with van der Waals surface area (Å²) >= 11 is 0. The van der Waals surface area contributed by atoms with Crippen molar-refractivity contribution in [1.82, 2.24) is 14.9 Å². The fraction of sp³-hybridized carbons (Fsp3) is 0.385. The van der Waals surface area contributed by atoms with Crippen LogP contribution < -0.4 is 5.32 Å². The van der Waals surface area contributed by atoms with E-state index in [1.807, 2.05) is 36.7 Å². The van der Waals surface area contributed by atoms with Crippen LogP contribution in [0, 0.1) is 11.3 Å². The topological polar surface area (TPSA) is 76.4 Å². The molecule has 0 saturated heterocycles. The first-order valence-corrected chi connectivity index (χ1v) is 11.1. The lowest BCUT2D eigenvalue weighted by Gasteiger charge is -2.41. The maximum absolute atomic E-state index is 11.0. The van der Waals surface area contributed by atoms with Gasteiger partial charge in [-0.2, -0.15) is 0 Å². The molecule has 0 radical (unpaired) electrons. The Morgan fingerprint density at radius 3 is 2.88 bits per heavy atom. The van der Waals surface area contributed by atoms with Gasteiger partial charge >= 0.3 is 6.09 Å². The number of hydrogen-bond acceptors (Lipinski definition) is 3. The van der Waals surface area contributed by atoms with E-state index in [1.54, 1.807) is 12.2 Å². The molecule has 6 heteroatoms. The molecular formula is C26H33N3O3. The molecule has 1 saturated carbocycles. The molecule has 170 valence electrons. The van der Waals surface area contributed by atoms with E-state index in [4.69, 9.17) is 9.84 Å². The number of nitrogens with one attached hydrogen (secondary N) is 1. The van der Waals surface area contributed by atoms with Gasteiger partial charge in [-0.1, -0.05) is 62.1 Å². The van der Waals surface area contributed by atoms with Gasteiger partial charge in [0.1, 0.15) is 0 Å². The van der Waals surface area contributed by atoms with Gasteiger partial charge < -0.3 is 19.7 Å². The van der Waals surface area contributed by atoms with E-state index in [2.05, 4.69) is 40.2 Å². The van der Waals surface area contributed by atoms with Crippen LogP contribution >= 0.6 is 0 Å². The molecule has 1 heterocycles. The predicted molar refractivity (Wildman–Crippen MR) is 128 cm³/mol. The molecule has 1 aliphatic rings. The Balaban J connectivity index is 1.80. The fourth-order valence-electron chi connectivity index (χ4n) is 4.66. The zero-order chi connectivity index (χ0) is 22.8. The first kappa shape index (κ1) is 23.5. The summed E-state index contributed by atoms with van der Waals surface area (Å²) in [6.45, 7) is 10.1. The van der Waals surface area contributed by atoms with Crippen LogP contribution in [-0.4, -0.2) is 33.9 Å². The number of nitrogens with zero attached hydrogens (tertiary/aromatic N) is 2. The second kappa shape index (κ2) is 11.5. The number of ether oxygens (including phenoxy) is 1. The van der Waals surface area contributed by atoms with Crippen LogP contribution in [0.1, 0.15) is 42.6 Å². The van der Waals surface area contributed by atoms with Crippen molar-refractivity contribution in [2.45, 2.75) is 38.8 Å². The van der Waals surface area contributed by atoms with E-state index in [0.717, 1.165) is 49.2 Å². The zero-order valence-electron chi connectivity index (χ0n) is 18.6. The van der Waals surface area contributed by atoms with E-state index in [9.17, 15) is 4.79 Å². The number of benzene rings is 1. The lowest BCUT2D eigenvalue weighted by atomic mass is 9.69. The van der Waals surface area contributed by atoms with E-state index >= 15 is 0 Å². The molecule has 2 atom stereocenters. The van der Waals surface area contributed by atoms with Gasteiger partial charge in [0.15, 0.2) is 0 Å². The normalized spacial score (nSPS) is 20.8. The van der Waals surface area contributed by atoms with Crippen molar-refractivity contribution in [3.63, 3.8) is 0 Å². The van der Waals surface area contributed by atoms with E-state index in [-0.39, 0.29) is 11.3 Å². The van der Waals surface area contributed by atoms with Crippen LogP contribution in [0.15, 0.2) is 62.0 Å². The van der Waals surface area contributed by atoms with Crippen LogP contribution in [0.3, 0.4) is 0 Å². The molecule has 0 aliphatic heterocycles. The van der Waals surface area contributed by atoms with Gasteiger partial charge in [-0.15, -0.1) is 0 Å². The SMILES string of the molecule is C=C/C=C\c1c(C=C)ncn1CC1(COCc2ccccc2)CCCC(CNC(=O)O)C1. The average Bonchev–Trinajstić information content (AvgIpc) is 3.18. The van der Waals surface area contributed by atoms with Crippen molar-refractivity contribution in [2.75, 3.05) is 13.2 Å². The molecular weight excluding hydrogens is 402 g/mol. The maximum Gasteiger partial charge on any atom is 0.404 e. The molecule has 2 aromatic rings. The molecule has 1 fully saturated rings. The number of imidazole rings is 1. The minimum Gasteiger partial charge on any atom is -0.465 e. The molecule has 0 bridgehead atoms. The molecule has 1 aromatic carbocycles. The summed E-state index contributed by atoms with van der Waals surface area (Å²) in [5.74, 6) is 0.287. The lowest BCUT2D eigenvalue weighted by molar-refractivity contribution is -0.0128. The minimum atomic E-state index is -0.969. The average molecular weight is 436 g/mol. The highest BCUT2D eigenvalue weighted by molar-refractivity contribution is 5.64. The number of rotatable bonds is 11. The zero-order valence-corrected chi connectivity index (χ0v) is 18.6. The predicted octanol–water partition coefficient (Wildman–Crippen LogP) is 5.39. The molecule has 2 N–H and O–H groups in total. The van der Waals surface area contributed by atoms with Crippen molar-refractivity contribution < 1.29 is 14.6 Å². The molecule has 1 aliphatic carbocycles. The van der Waals surface area contributed by atoms with Crippen LogP contribution in [-0.2, 0) is 17.9 Å². The van der Waals surface area contributed by atoms with Gasteiger partial charge in [-0.05, 0) is 42.9 Å². The molecule has 0 spiro atoms. The van der Waals surface area contributed by atoms with Gasteiger partial charge in [0.2, 0.25) is 0 Å². The monoisotopic (exact) mass is 435 g/mol. The third kappa shape index (κ3) is 6.44. The molecule has 1 amide bonds. The number of carboxylic acid groups (broad SMARTS) is 1. The van der Waals surface area contributed by atoms with Crippen molar-refractivity contribution in [1.29, 1.82) is 0 Å². The summed E-state index contributed by atoms with van der Waals surface area (Å²) < 4.78 is 8.40. The Morgan fingerprint density at radius 1 is 1.34 bits per heavy atom. The third-order valence-electron chi connectivity index (χ3n) is 6.10. The molecule has 32 heavy (non-hydrogen) atoms. The first-order valence-electron chi connectivity index (χ1n) is 11.1. The second-order valence-electron chi connectivity index (χ2n) is 8.57. The van der Waals surface area contributed by atoms with Gasteiger partial charge in [0.05, 0.1) is 30.9 Å². The maximum atomic E-state index is 11.0. The lowest BCUT2D eigenvalue weighted by Crippen LogP contribution is -2.40. The number of aromatic nitrogens is 2. The van der Waals surface area contributed by atoms with E-state index in [0.29, 0.717) is 19.8 Å². The minimum absolute atomic E-state index is 0.103. The Bertz CT molecular complexity index is 935. The van der Waals surface area contributed by atoms with Gasteiger partial charge in [-0.25, -0.2) is 9.78 Å². The summed E-state index contributed by atoms with van der Waals surface area (Å²) in [6.07, 6.45) is 12.3. The number of allylic oxidation sites excluding steroid dienone is 2. The Kier molecular flexibility index (Phi) is 8.45. The third-order valence-corrected chi connectivity index (χ3v) is 6.10. The fourth-order valence-corrected chi connectivity index (χ4v) is 4.66. The Labute approximate surface area is 190 Å². The molecule has 6 nitrogen and oxygen atoms in total. The van der Waals surface area contributed by atoms with E-state index in [1.165, 1.54) is 0 Å². The smallest absolute Gasteiger partial charge is 0.404 e. The summed E-state index contributed by atoms with van der Waals surface area (Å²) in [6, 6.07) is 10.2. The highest BCUT2D eigenvalue weighted by atomic mass is 16.5. The summed E-state index contributed by atoms with van der Waals surface area (Å²) in [5.41, 5.74) is 2.87. The van der Waals surface area contributed by atoms with E-state index < -0.39 is 6.09 Å². The number of hydrogen-bond donors (Lipinski definition) is 2. The summed E-state index contributed by atoms with van der Waals surface area (Å²) in [4.78, 5) is 15.5. The highest BCUT2D eigenvalue weighted by Crippen LogP contribution is 2.41. The summed E-state index contributed by atoms with van der Waals surface area (Å²) in [5, 5.41) is 11.6. The van der Waals surface area contributed by atoms with Crippen LogP contribution in [0.25, 0.3) is 12.2 Å². The van der Waals surface area contributed by atoms with Crippen molar-refractivity contribution in [3.8, 4) is 0 Å². The number of amides is 1. The van der Waals surface area contributed by atoms with Gasteiger partial charge in [-0.3, -0.25) is 0 Å². The summed E-state index contributed by atoms with van der Waals surface area (Å²) in [7, 11) is 0. The van der Waals surface area contributed by atoms with Crippen molar-refractivity contribution in [2.24, 2.45) is 11.3 Å².